The molecule has 1 aliphatic carbocycles. The fourth-order valence-corrected chi connectivity index (χ4v) is 4.77. The molecule has 4 rings (SSSR count). The van der Waals surface area contributed by atoms with Gasteiger partial charge in [-0.15, -0.1) is 0 Å². The van der Waals surface area contributed by atoms with Crippen molar-refractivity contribution in [3.05, 3.63) is 53.7 Å². The van der Waals surface area contributed by atoms with Crippen molar-refractivity contribution in [2.45, 2.75) is 76.9 Å². The number of nitrogens with zero attached hydrogens (tertiary/aromatic N) is 3. The molecule has 0 atom stereocenters. The minimum absolute atomic E-state index is 0.193. The Morgan fingerprint density at radius 3 is 2.27 bits per heavy atom. The van der Waals surface area contributed by atoms with Crippen LogP contribution in [0.2, 0.25) is 0 Å². The molecule has 1 aromatic heterocycles. The van der Waals surface area contributed by atoms with Crippen LogP contribution >= 0.6 is 0 Å². The molecule has 8 heteroatoms. The SMILES string of the molecule is CC(C)Nc1cc(CN2C(=O)N(c3ccc(C4(C)CC(F)(F)C4)cc3)C(=O)C2(C)C)ccn1. The Bertz CT molecular complexity index is 1070. The zero-order valence-corrected chi connectivity index (χ0v) is 19.7. The predicted molar refractivity (Wildman–Crippen MR) is 123 cm³/mol. The maximum Gasteiger partial charge on any atom is 0.332 e. The number of benzene rings is 1. The lowest BCUT2D eigenvalue weighted by Gasteiger charge is -2.45. The molecular formula is C25H30F2N4O2. The number of halogens is 2. The van der Waals surface area contributed by atoms with E-state index in [2.05, 4.69) is 10.3 Å². The molecule has 1 aliphatic heterocycles. The smallest absolute Gasteiger partial charge is 0.332 e. The third kappa shape index (κ3) is 4.18. The average molecular weight is 457 g/mol. The third-order valence-electron chi connectivity index (χ3n) is 6.55. The number of hydrogen-bond acceptors (Lipinski definition) is 4. The minimum atomic E-state index is -2.63. The first-order chi connectivity index (χ1) is 15.3. The van der Waals surface area contributed by atoms with Crippen molar-refractivity contribution in [1.29, 1.82) is 0 Å². The Kier molecular flexibility index (Phi) is 5.46. The number of pyridine rings is 1. The molecule has 1 saturated heterocycles. The molecule has 1 aromatic carbocycles. The summed E-state index contributed by atoms with van der Waals surface area (Å²) in [6.07, 6.45) is 1.29. The van der Waals surface area contributed by atoms with E-state index in [9.17, 15) is 18.4 Å². The van der Waals surface area contributed by atoms with Crippen LogP contribution in [-0.2, 0) is 16.8 Å². The van der Waals surface area contributed by atoms with Gasteiger partial charge in [0.1, 0.15) is 11.4 Å². The van der Waals surface area contributed by atoms with E-state index < -0.39 is 22.9 Å². The Hall–Kier alpha value is -3.03. The number of urea groups is 1. The highest BCUT2D eigenvalue weighted by Crippen LogP contribution is 2.53. The lowest BCUT2D eigenvalue weighted by Crippen LogP contribution is -2.47. The molecule has 176 valence electrons. The Labute approximate surface area is 193 Å². The van der Waals surface area contributed by atoms with Crippen LogP contribution in [0.15, 0.2) is 42.6 Å². The lowest BCUT2D eigenvalue weighted by molar-refractivity contribution is -0.123. The first-order valence-corrected chi connectivity index (χ1v) is 11.2. The number of carbonyl (C=O) groups is 2. The van der Waals surface area contributed by atoms with E-state index in [1.165, 1.54) is 4.90 Å². The van der Waals surface area contributed by atoms with Gasteiger partial charge in [-0.05, 0) is 63.1 Å². The highest BCUT2D eigenvalue weighted by molar-refractivity contribution is 6.22. The van der Waals surface area contributed by atoms with Crippen molar-refractivity contribution < 1.29 is 18.4 Å². The summed E-state index contributed by atoms with van der Waals surface area (Å²) >= 11 is 0. The minimum Gasteiger partial charge on any atom is -0.368 e. The van der Waals surface area contributed by atoms with Gasteiger partial charge in [-0.2, -0.15) is 0 Å². The number of imide groups is 1. The van der Waals surface area contributed by atoms with Crippen molar-refractivity contribution in [3.63, 3.8) is 0 Å². The van der Waals surface area contributed by atoms with Crippen molar-refractivity contribution in [3.8, 4) is 0 Å². The Balaban J connectivity index is 1.55. The van der Waals surface area contributed by atoms with Crippen molar-refractivity contribution >= 4 is 23.4 Å². The van der Waals surface area contributed by atoms with Gasteiger partial charge in [-0.25, -0.2) is 23.5 Å². The fraction of sp³-hybridized carbons (Fsp3) is 0.480. The van der Waals surface area contributed by atoms with E-state index >= 15 is 0 Å². The van der Waals surface area contributed by atoms with Crippen LogP contribution in [0.3, 0.4) is 0 Å². The molecule has 1 saturated carbocycles. The van der Waals surface area contributed by atoms with E-state index in [4.69, 9.17) is 0 Å². The number of carbonyl (C=O) groups excluding carboxylic acids is 2. The molecule has 6 nitrogen and oxygen atoms in total. The second kappa shape index (κ2) is 7.78. The summed E-state index contributed by atoms with van der Waals surface area (Å²) in [5.74, 6) is -2.24. The summed E-state index contributed by atoms with van der Waals surface area (Å²) in [4.78, 5) is 33.6. The van der Waals surface area contributed by atoms with Gasteiger partial charge < -0.3 is 10.2 Å². The second-order valence-electron chi connectivity index (χ2n) is 10.2. The summed E-state index contributed by atoms with van der Waals surface area (Å²) < 4.78 is 26.9. The second-order valence-corrected chi connectivity index (χ2v) is 10.2. The molecule has 2 fully saturated rings. The lowest BCUT2D eigenvalue weighted by atomic mass is 9.63. The van der Waals surface area contributed by atoms with E-state index in [1.807, 2.05) is 32.9 Å². The van der Waals surface area contributed by atoms with E-state index in [0.717, 1.165) is 11.1 Å². The van der Waals surface area contributed by atoms with Crippen molar-refractivity contribution in [2.75, 3.05) is 10.2 Å². The zero-order chi connectivity index (χ0) is 24.2. The van der Waals surface area contributed by atoms with Crippen LogP contribution in [0.1, 0.15) is 58.6 Å². The van der Waals surface area contributed by atoms with Crippen LogP contribution in [-0.4, -0.2) is 39.3 Å². The van der Waals surface area contributed by atoms with E-state index in [1.54, 1.807) is 49.2 Å². The highest BCUT2D eigenvalue weighted by atomic mass is 19.3. The molecule has 0 spiro atoms. The maximum atomic E-state index is 13.4. The topological polar surface area (TPSA) is 65.5 Å². The number of hydrogen-bond donors (Lipinski definition) is 1. The molecule has 2 aromatic rings. The van der Waals surface area contributed by atoms with Crippen LogP contribution in [0.4, 0.5) is 25.1 Å². The van der Waals surface area contributed by atoms with Crippen molar-refractivity contribution in [2.24, 2.45) is 0 Å². The monoisotopic (exact) mass is 456 g/mol. The van der Waals surface area contributed by atoms with Gasteiger partial charge in [-0.3, -0.25) is 4.79 Å². The molecule has 2 aliphatic rings. The largest absolute Gasteiger partial charge is 0.368 e. The van der Waals surface area contributed by atoms with Gasteiger partial charge in [0.05, 0.1) is 5.69 Å². The zero-order valence-electron chi connectivity index (χ0n) is 19.7. The number of aromatic nitrogens is 1. The van der Waals surface area contributed by atoms with Crippen LogP contribution in [0, 0.1) is 0 Å². The van der Waals surface area contributed by atoms with E-state index in [-0.39, 0.29) is 31.3 Å². The van der Waals surface area contributed by atoms with Gasteiger partial charge in [0.15, 0.2) is 0 Å². The summed E-state index contributed by atoms with van der Waals surface area (Å²) in [6, 6.07) is 10.3. The summed E-state index contributed by atoms with van der Waals surface area (Å²) in [7, 11) is 0. The third-order valence-corrected chi connectivity index (χ3v) is 6.55. The summed E-state index contributed by atoms with van der Waals surface area (Å²) in [5, 5.41) is 3.24. The van der Waals surface area contributed by atoms with Crippen LogP contribution < -0.4 is 10.2 Å². The van der Waals surface area contributed by atoms with Gasteiger partial charge in [0.2, 0.25) is 5.92 Å². The molecule has 0 unspecified atom stereocenters. The van der Waals surface area contributed by atoms with Gasteiger partial charge >= 0.3 is 6.03 Å². The number of amides is 3. The first kappa shape index (κ1) is 23.1. The van der Waals surface area contributed by atoms with Crippen LogP contribution in [0.25, 0.3) is 0 Å². The molecule has 3 amide bonds. The van der Waals surface area contributed by atoms with Gasteiger partial charge in [0.25, 0.3) is 5.91 Å². The average Bonchev–Trinajstić information content (AvgIpc) is 2.86. The molecule has 2 heterocycles. The summed E-state index contributed by atoms with van der Waals surface area (Å²) in [6.45, 7) is 9.56. The quantitative estimate of drug-likeness (QED) is 0.596. The van der Waals surface area contributed by atoms with E-state index in [0.29, 0.717) is 11.5 Å². The fourth-order valence-electron chi connectivity index (χ4n) is 4.77. The maximum absolute atomic E-state index is 13.4. The number of rotatable bonds is 6. The normalized spacial score (nSPS) is 20.8. The Morgan fingerprint density at radius 1 is 1.06 bits per heavy atom. The van der Waals surface area contributed by atoms with Gasteiger partial charge in [-0.1, -0.05) is 19.1 Å². The number of nitrogens with one attached hydrogen (secondary N) is 1. The Morgan fingerprint density at radius 2 is 1.70 bits per heavy atom. The van der Waals surface area contributed by atoms with Gasteiger partial charge in [0, 0.05) is 37.0 Å². The van der Waals surface area contributed by atoms with Crippen LogP contribution in [0.5, 0.6) is 0 Å². The number of alkyl halides is 2. The van der Waals surface area contributed by atoms with Crippen molar-refractivity contribution in [1.82, 2.24) is 9.88 Å². The molecule has 0 radical (unpaired) electrons. The molecule has 0 bridgehead atoms. The first-order valence-electron chi connectivity index (χ1n) is 11.2. The molecule has 33 heavy (non-hydrogen) atoms. The predicted octanol–water partition coefficient (Wildman–Crippen LogP) is 5.34. The molecule has 1 N–H and O–H groups in total. The standard InChI is InChI=1S/C25H30F2N4O2/c1-16(2)29-20-12-17(10-11-28-20)13-30-22(33)31(21(32)23(30,3)4)19-8-6-18(7-9-19)24(5)14-25(26,27)15-24/h6-12,16H,13-15H2,1-5H3,(H,28,29). The number of anilines is 2. The molecular weight excluding hydrogens is 426 g/mol. The highest BCUT2D eigenvalue weighted by Gasteiger charge is 2.55. The summed E-state index contributed by atoms with van der Waals surface area (Å²) in [5.41, 5.74) is 0.464.